The summed E-state index contributed by atoms with van der Waals surface area (Å²) >= 11 is 0. The molecule has 3 heterocycles. The molecule has 0 spiro atoms. The molecule has 2 heteroatoms. The van der Waals surface area contributed by atoms with Crippen LogP contribution in [-0.2, 0) is 0 Å². The molecule has 0 aliphatic rings. The first-order valence-electron chi connectivity index (χ1n) is 14.5. The molecule has 194 valence electrons. The zero-order valence-corrected chi connectivity index (χ0v) is 22.8. The zero-order valence-electron chi connectivity index (χ0n) is 22.8. The van der Waals surface area contributed by atoms with Crippen LogP contribution >= 0.6 is 0 Å². The van der Waals surface area contributed by atoms with E-state index in [0.717, 1.165) is 0 Å². The summed E-state index contributed by atoms with van der Waals surface area (Å²) in [5.74, 6) is 0. The summed E-state index contributed by atoms with van der Waals surface area (Å²) in [5.41, 5.74) is 7.39. The smallest absolute Gasteiger partial charge is 0.0635 e. The molecule has 0 saturated heterocycles. The number of para-hydroxylation sites is 2. The van der Waals surface area contributed by atoms with E-state index in [0.29, 0.717) is 0 Å². The molecule has 10 rings (SSSR count). The minimum absolute atomic E-state index is 1.18. The van der Waals surface area contributed by atoms with E-state index < -0.39 is 0 Å². The van der Waals surface area contributed by atoms with Crippen molar-refractivity contribution in [2.45, 2.75) is 0 Å². The molecule has 3 aromatic heterocycles. The minimum Gasteiger partial charge on any atom is -0.309 e. The Hall–Kier alpha value is -5.60. The Morgan fingerprint density at radius 2 is 0.952 bits per heavy atom. The maximum Gasteiger partial charge on any atom is 0.0635 e. The van der Waals surface area contributed by atoms with Gasteiger partial charge in [0, 0.05) is 32.6 Å². The zero-order chi connectivity index (χ0) is 27.4. The van der Waals surface area contributed by atoms with Gasteiger partial charge >= 0.3 is 0 Å². The van der Waals surface area contributed by atoms with Crippen molar-refractivity contribution in [3.63, 3.8) is 0 Å². The Labute approximate surface area is 241 Å². The number of hydrogen-bond donors (Lipinski definition) is 0. The van der Waals surface area contributed by atoms with Gasteiger partial charge in [0.05, 0.1) is 27.6 Å². The Morgan fingerprint density at radius 1 is 0.333 bits per heavy atom. The Kier molecular flexibility index (Phi) is 4.21. The third-order valence-electron chi connectivity index (χ3n) is 9.22. The molecule has 0 bridgehead atoms. The van der Waals surface area contributed by atoms with E-state index in [9.17, 15) is 0 Å². The number of aromatic nitrogens is 2. The largest absolute Gasteiger partial charge is 0.309 e. The minimum atomic E-state index is 1.18. The third kappa shape index (κ3) is 2.78. The fourth-order valence-corrected chi connectivity index (χ4v) is 7.45. The number of pyridine rings is 1. The summed E-state index contributed by atoms with van der Waals surface area (Å²) < 4.78 is 4.94. The Morgan fingerprint density at radius 3 is 1.81 bits per heavy atom. The van der Waals surface area contributed by atoms with E-state index in [4.69, 9.17) is 0 Å². The van der Waals surface area contributed by atoms with Crippen LogP contribution in [0.1, 0.15) is 0 Å². The summed E-state index contributed by atoms with van der Waals surface area (Å²) in [7, 11) is 0. The fraction of sp³-hybridized carbons (Fsp3) is 0. The summed E-state index contributed by atoms with van der Waals surface area (Å²) in [6.45, 7) is 0. The van der Waals surface area contributed by atoms with Gasteiger partial charge in [-0.05, 0) is 63.3 Å². The van der Waals surface area contributed by atoms with Gasteiger partial charge in [-0.1, -0.05) is 109 Å². The standard InChI is InChI=1S/C40H24N2/c1-2-10-29-25(9-1)17-18-26-23-28(20-21-30(26)29)41-36-16-8-6-14-34(36)39-37(41)22-19-27-24-38-33-13-4-3-11-31(33)32-12-5-7-15-35(32)42(38)40(27)39/h1-24H. The first-order chi connectivity index (χ1) is 20.8. The molecular weight excluding hydrogens is 508 g/mol. The van der Waals surface area contributed by atoms with Crippen LogP contribution < -0.4 is 0 Å². The number of rotatable bonds is 1. The molecule has 0 fully saturated rings. The van der Waals surface area contributed by atoms with Crippen LogP contribution in [0.5, 0.6) is 0 Å². The second-order valence-electron chi connectivity index (χ2n) is 11.4. The number of nitrogens with zero attached hydrogens (tertiary/aromatic N) is 2. The summed E-state index contributed by atoms with van der Waals surface area (Å²) in [6, 6.07) is 53.5. The van der Waals surface area contributed by atoms with E-state index in [1.165, 1.54) is 87.1 Å². The van der Waals surface area contributed by atoms with Crippen LogP contribution in [0, 0.1) is 0 Å². The van der Waals surface area contributed by atoms with Gasteiger partial charge in [-0.2, -0.15) is 0 Å². The molecule has 0 amide bonds. The molecule has 0 saturated carbocycles. The summed E-state index contributed by atoms with van der Waals surface area (Å²) in [6.07, 6.45) is 0. The highest BCUT2D eigenvalue weighted by molar-refractivity contribution is 6.25. The second-order valence-corrected chi connectivity index (χ2v) is 11.4. The maximum atomic E-state index is 2.50. The molecule has 42 heavy (non-hydrogen) atoms. The SMILES string of the molecule is c1ccc2c(c1)ccc1cc(-n3c4ccccc4c4c3ccc3cc5c6ccccc6c6ccccc6n5c34)ccc12. The van der Waals surface area contributed by atoms with Gasteiger partial charge in [-0.15, -0.1) is 0 Å². The fourth-order valence-electron chi connectivity index (χ4n) is 7.45. The van der Waals surface area contributed by atoms with Gasteiger partial charge in [0.25, 0.3) is 0 Å². The van der Waals surface area contributed by atoms with Crippen LogP contribution in [0.2, 0.25) is 0 Å². The van der Waals surface area contributed by atoms with E-state index in [1.54, 1.807) is 0 Å². The van der Waals surface area contributed by atoms with Gasteiger partial charge in [0.2, 0.25) is 0 Å². The van der Waals surface area contributed by atoms with Crippen LogP contribution in [0.25, 0.3) is 87.1 Å². The highest BCUT2D eigenvalue weighted by atomic mass is 15.0. The van der Waals surface area contributed by atoms with E-state index in [2.05, 4.69) is 155 Å². The predicted molar refractivity (Wildman–Crippen MR) is 179 cm³/mol. The third-order valence-corrected chi connectivity index (χ3v) is 9.22. The van der Waals surface area contributed by atoms with E-state index >= 15 is 0 Å². The molecule has 0 unspecified atom stereocenters. The van der Waals surface area contributed by atoms with Crippen LogP contribution in [0.15, 0.2) is 146 Å². The molecule has 0 aliphatic heterocycles. The average Bonchev–Trinajstić information content (AvgIpc) is 3.61. The lowest BCUT2D eigenvalue weighted by atomic mass is 10.0. The van der Waals surface area contributed by atoms with Crippen LogP contribution in [0.3, 0.4) is 0 Å². The molecule has 2 nitrogen and oxygen atoms in total. The van der Waals surface area contributed by atoms with Gasteiger partial charge in [0.15, 0.2) is 0 Å². The Bertz CT molecular complexity index is 2740. The van der Waals surface area contributed by atoms with Crippen molar-refractivity contribution >= 4 is 81.4 Å². The molecule has 0 N–H and O–H groups in total. The van der Waals surface area contributed by atoms with E-state index in [1.807, 2.05) is 0 Å². The molecule has 0 radical (unpaired) electrons. The highest BCUT2D eigenvalue weighted by Gasteiger charge is 2.19. The molecule has 0 aliphatic carbocycles. The molecule has 10 aromatic rings. The lowest BCUT2D eigenvalue weighted by Gasteiger charge is -2.11. The molecular formula is C40H24N2. The average molecular weight is 533 g/mol. The van der Waals surface area contributed by atoms with Gasteiger partial charge in [-0.3, -0.25) is 0 Å². The topological polar surface area (TPSA) is 9.34 Å². The highest BCUT2D eigenvalue weighted by Crippen LogP contribution is 2.41. The van der Waals surface area contributed by atoms with Crippen molar-refractivity contribution < 1.29 is 0 Å². The number of fused-ring (bicyclic) bond motifs is 15. The van der Waals surface area contributed by atoms with Crippen LogP contribution in [-0.4, -0.2) is 8.97 Å². The molecule has 7 aromatic carbocycles. The second kappa shape index (κ2) is 7.99. The van der Waals surface area contributed by atoms with Gasteiger partial charge in [-0.25, -0.2) is 0 Å². The lowest BCUT2D eigenvalue weighted by Crippen LogP contribution is -1.94. The number of benzene rings is 7. The van der Waals surface area contributed by atoms with Gasteiger partial charge < -0.3 is 8.97 Å². The molecule has 0 atom stereocenters. The maximum absolute atomic E-state index is 2.50. The van der Waals surface area contributed by atoms with E-state index in [-0.39, 0.29) is 0 Å². The summed E-state index contributed by atoms with van der Waals surface area (Å²) in [4.78, 5) is 0. The van der Waals surface area contributed by atoms with Crippen molar-refractivity contribution in [1.82, 2.24) is 8.97 Å². The first-order valence-corrected chi connectivity index (χ1v) is 14.5. The van der Waals surface area contributed by atoms with Crippen molar-refractivity contribution in [3.05, 3.63) is 146 Å². The van der Waals surface area contributed by atoms with Gasteiger partial charge in [0.1, 0.15) is 0 Å². The monoisotopic (exact) mass is 532 g/mol. The van der Waals surface area contributed by atoms with Crippen molar-refractivity contribution in [1.29, 1.82) is 0 Å². The normalized spacial score (nSPS) is 12.3. The Balaban J connectivity index is 1.38. The van der Waals surface area contributed by atoms with Crippen molar-refractivity contribution in [3.8, 4) is 5.69 Å². The predicted octanol–water partition coefficient (Wildman–Crippen LogP) is 10.8. The van der Waals surface area contributed by atoms with Crippen molar-refractivity contribution in [2.75, 3.05) is 0 Å². The van der Waals surface area contributed by atoms with Crippen LogP contribution in [0.4, 0.5) is 0 Å². The number of hydrogen-bond acceptors (Lipinski definition) is 0. The summed E-state index contributed by atoms with van der Waals surface area (Å²) in [5, 5.41) is 12.8. The first kappa shape index (κ1) is 22.1. The van der Waals surface area contributed by atoms with Crippen molar-refractivity contribution in [2.24, 2.45) is 0 Å². The quantitative estimate of drug-likeness (QED) is 0.186. The lowest BCUT2D eigenvalue weighted by molar-refractivity contribution is 1.19.